The van der Waals surface area contributed by atoms with E-state index >= 15 is 0 Å². The Morgan fingerprint density at radius 1 is 1.00 bits per heavy atom. The SMILES string of the molecule is CCC1C[C@@H](CO[Si](c2ccccc2)(c2ccccc2)C(C)(C)C)OC1=O. The summed E-state index contributed by atoms with van der Waals surface area (Å²) in [6.45, 7) is 9.27. The molecule has 27 heavy (non-hydrogen) atoms. The molecule has 1 saturated heterocycles. The van der Waals surface area contributed by atoms with Crippen LogP contribution in [-0.2, 0) is 14.0 Å². The number of carbonyl (C=O) groups excluding carboxylic acids is 1. The quantitative estimate of drug-likeness (QED) is 0.561. The molecule has 3 nitrogen and oxygen atoms in total. The van der Waals surface area contributed by atoms with Crippen LogP contribution in [0.5, 0.6) is 0 Å². The van der Waals surface area contributed by atoms with Crippen molar-refractivity contribution in [1.82, 2.24) is 0 Å². The molecule has 1 aliphatic heterocycles. The van der Waals surface area contributed by atoms with Crippen molar-refractivity contribution in [3.63, 3.8) is 0 Å². The second-order valence-corrected chi connectivity index (χ2v) is 12.7. The molecule has 2 aromatic carbocycles. The molecule has 0 aromatic heterocycles. The molecule has 2 aromatic rings. The highest BCUT2D eigenvalue weighted by Crippen LogP contribution is 2.37. The largest absolute Gasteiger partial charge is 0.460 e. The number of esters is 1. The summed E-state index contributed by atoms with van der Waals surface area (Å²) in [6.07, 6.45) is 1.44. The van der Waals surface area contributed by atoms with E-state index in [0.29, 0.717) is 6.61 Å². The Bertz CT molecular complexity index is 713. The van der Waals surface area contributed by atoms with Crippen LogP contribution < -0.4 is 10.4 Å². The second-order valence-electron chi connectivity index (χ2n) is 8.37. The van der Waals surface area contributed by atoms with Gasteiger partial charge in [-0.1, -0.05) is 88.4 Å². The van der Waals surface area contributed by atoms with Crippen molar-refractivity contribution in [2.75, 3.05) is 6.61 Å². The van der Waals surface area contributed by atoms with Crippen LogP contribution in [0.3, 0.4) is 0 Å². The molecule has 144 valence electrons. The van der Waals surface area contributed by atoms with E-state index in [2.05, 4.69) is 69.3 Å². The van der Waals surface area contributed by atoms with Crippen molar-refractivity contribution in [1.29, 1.82) is 0 Å². The Hall–Kier alpha value is -1.91. The van der Waals surface area contributed by atoms with Gasteiger partial charge >= 0.3 is 5.97 Å². The standard InChI is InChI=1S/C23H30O3Si/c1-5-18-16-19(26-22(18)24)17-25-27(23(2,3)4,20-12-8-6-9-13-20)21-14-10-7-11-15-21/h6-15,18-19H,5,16-17H2,1-4H3/t18?,19-/m0/s1. The third-order valence-electron chi connectivity index (χ3n) is 5.56. The molecular formula is C23H30O3Si. The van der Waals surface area contributed by atoms with E-state index < -0.39 is 8.32 Å². The number of benzene rings is 2. The zero-order valence-electron chi connectivity index (χ0n) is 16.8. The first-order valence-corrected chi connectivity index (χ1v) is 11.7. The summed E-state index contributed by atoms with van der Waals surface area (Å²) in [5.74, 6) is -0.0636. The van der Waals surface area contributed by atoms with E-state index in [1.807, 2.05) is 19.1 Å². The smallest absolute Gasteiger partial charge is 0.309 e. The summed E-state index contributed by atoms with van der Waals surface area (Å²) in [5.41, 5.74) is 0. The lowest BCUT2D eigenvalue weighted by Crippen LogP contribution is -2.67. The molecule has 3 rings (SSSR count). The normalized spacial score (nSPS) is 20.5. The van der Waals surface area contributed by atoms with Crippen LogP contribution in [0.15, 0.2) is 60.7 Å². The molecule has 0 radical (unpaired) electrons. The van der Waals surface area contributed by atoms with Crippen LogP contribution in [-0.4, -0.2) is 27.0 Å². The summed E-state index contributed by atoms with van der Waals surface area (Å²) in [7, 11) is -2.56. The van der Waals surface area contributed by atoms with Crippen LogP contribution in [0.2, 0.25) is 5.04 Å². The maximum Gasteiger partial charge on any atom is 0.309 e. The highest BCUT2D eigenvalue weighted by atomic mass is 28.4. The first kappa shape index (κ1) is 19.8. The highest BCUT2D eigenvalue weighted by Gasteiger charge is 2.51. The number of cyclic esters (lactones) is 1. The predicted molar refractivity (Wildman–Crippen MR) is 112 cm³/mol. The lowest BCUT2D eigenvalue weighted by Gasteiger charge is -2.43. The van der Waals surface area contributed by atoms with E-state index in [4.69, 9.17) is 9.16 Å². The summed E-state index contributed by atoms with van der Waals surface area (Å²) in [5, 5.41) is 2.43. The third kappa shape index (κ3) is 3.87. The molecule has 1 aliphatic rings. The molecule has 0 spiro atoms. The second kappa shape index (κ2) is 7.99. The van der Waals surface area contributed by atoms with Crippen molar-refractivity contribution in [2.45, 2.75) is 51.7 Å². The van der Waals surface area contributed by atoms with E-state index in [-0.39, 0.29) is 23.0 Å². The Morgan fingerprint density at radius 3 is 1.93 bits per heavy atom. The average Bonchev–Trinajstić information content (AvgIpc) is 3.03. The molecule has 0 aliphatic carbocycles. The Labute approximate surface area is 163 Å². The topological polar surface area (TPSA) is 35.5 Å². The fourth-order valence-electron chi connectivity index (χ4n) is 4.14. The fourth-order valence-corrected chi connectivity index (χ4v) is 8.73. The minimum Gasteiger partial charge on any atom is -0.460 e. The van der Waals surface area contributed by atoms with Gasteiger partial charge in [0.15, 0.2) is 0 Å². The molecular weight excluding hydrogens is 352 g/mol. The van der Waals surface area contributed by atoms with Crippen molar-refractivity contribution < 1.29 is 14.0 Å². The van der Waals surface area contributed by atoms with Gasteiger partial charge in [0.05, 0.1) is 12.5 Å². The van der Waals surface area contributed by atoms with Crippen molar-refractivity contribution in [3.05, 3.63) is 60.7 Å². The van der Waals surface area contributed by atoms with E-state index in [1.165, 1.54) is 10.4 Å². The number of carbonyl (C=O) groups is 1. The maximum absolute atomic E-state index is 12.0. The molecule has 1 unspecified atom stereocenters. The first-order valence-electron chi connectivity index (χ1n) is 9.84. The lowest BCUT2D eigenvalue weighted by molar-refractivity contribution is -0.145. The average molecular weight is 383 g/mol. The van der Waals surface area contributed by atoms with Gasteiger partial charge in [0, 0.05) is 0 Å². The van der Waals surface area contributed by atoms with Gasteiger partial charge in [0.1, 0.15) is 6.10 Å². The Kier molecular flexibility index (Phi) is 5.87. The van der Waals surface area contributed by atoms with Crippen LogP contribution >= 0.6 is 0 Å². The zero-order valence-corrected chi connectivity index (χ0v) is 17.8. The van der Waals surface area contributed by atoms with Gasteiger partial charge in [-0.3, -0.25) is 4.79 Å². The van der Waals surface area contributed by atoms with Gasteiger partial charge in [-0.25, -0.2) is 0 Å². The lowest BCUT2D eigenvalue weighted by atomic mass is 10.0. The summed E-state index contributed by atoms with van der Waals surface area (Å²) in [6, 6.07) is 21.1. The van der Waals surface area contributed by atoms with Crippen LogP contribution in [0, 0.1) is 5.92 Å². The van der Waals surface area contributed by atoms with Gasteiger partial charge in [-0.05, 0) is 28.3 Å². The Morgan fingerprint density at radius 2 is 1.52 bits per heavy atom. The Balaban J connectivity index is 1.98. The third-order valence-corrected chi connectivity index (χ3v) is 10.6. The molecule has 0 amide bonds. The van der Waals surface area contributed by atoms with Gasteiger partial charge in [-0.15, -0.1) is 0 Å². The molecule has 1 fully saturated rings. The molecule has 1 heterocycles. The molecule has 4 heteroatoms. The predicted octanol–water partition coefficient (Wildman–Crippen LogP) is 3.90. The maximum atomic E-state index is 12.0. The van der Waals surface area contributed by atoms with Crippen LogP contribution in [0.4, 0.5) is 0 Å². The number of hydrogen-bond donors (Lipinski definition) is 0. The van der Waals surface area contributed by atoms with E-state index in [9.17, 15) is 4.79 Å². The van der Waals surface area contributed by atoms with Crippen molar-refractivity contribution in [2.24, 2.45) is 5.92 Å². The summed E-state index contributed by atoms with van der Waals surface area (Å²) >= 11 is 0. The van der Waals surface area contributed by atoms with Gasteiger partial charge in [0.25, 0.3) is 8.32 Å². The van der Waals surface area contributed by atoms with E-state index in [0.717, 1.165) is 12.8 Å². The highest BCUT2D eigenvalue weighted by molar-refractivity contribution is 6.99. The zero-order chi connectivity index (χ0) is 19.5. The van der Waals surface area contributed by atoms with Crippen LogP contribution in [0.25, 0.3) is 0 Å². The number of rotatable bonds is 6. The number of hydrogen-bond acceptors (Lipinski definition) is 3. The van der Waals surface area contributed by atoms with E-state index in [1.54, 1.807) is 0 Å². The van der Waals surface area contributed by atoms with Crippen molar-refractivity contribution in [3.8, 4) is 0 Å². The monoisotopic (exact) mass is 382 g/mol. The van der Waals surface area contributed by atoms with Gasteiger partial charge < -0.3 is 9.16 Å². The van der Waals surface area contributed by atoms with Gasteiger partial charge in [-0.2, -0.15) is 0 Å². The molecule has 0 saturated carbocycles. The number of ether oxygens (including phenoxy) is 1. The van der Waals surface area contributed by atoms with Gasteiger partial charge in [0.2, 0.25) is 0 Å². The molecule has 2 atom stereocenters. The first-order chi connectivity index (χ1) is 12.9. The van der Waals surface area contributed by atoms with Crippen LogP contribution in [0.1, 0.15) is 40.5 Å². The molecule has 0 bridgehead atoms. The van der Waals surface area contributed by atoms with Crippen molar-refractivity contribution >= 4 is 24.7 Å². The fraction of sp³-hybridized carbons (Fsp3) is 0.435. The minimum atomic E-state index is -2.56. The summed E-state index contributed by atoms with van der Waals surface area (Å²) in [4.78, 5) is 12.0. The summed E-state index contributed by atoms with van der Waals surface area (Å²) < 4.78 is 12.5. The molecule has 0 N–H and O–H groups in total. The minimum absolute atomic E-state index is 0.0118.